The van der Waals surface area contributed by atoms with Crippen LogP contribution in [0.4, 0.5) is 5.69 Å². The summed E-state index contributed by atoms with van der Waals surface area (Å²) in [4.78, 5) is 46.7. The van der Waals surface area contributed by atoms with Gasteiger partial charge in [-0.3, -0.25) is 14.6 Å². The van der Waals surface area contributed by atoms with Gasteiger partial charge in [0.15, 0.2) is 0 Å². The number of phosphoric acid groups is 1. The van der Waals surface area contributed by atoms with E-state index in [1.165, 1.54) is 30.3 Å². The smallest absolute Gasteiger partial charge is 0.508 e. The maximum Gasteiger partial charge on any atom is 0.524 e. The number of carbonyl (C=O) groups is 2. The molecular weight excluding hydrogens is 573 g/mol. The molecule has 0 radical (unpaired) electrons. The lowest BCUT2D eigenvalue weighted by Crippen LogP contribution is -2.47. The monoisotopic (exact) mass is 603 g/mol. The highest BCUT2D eigenvalue weighted by Crippen LogP contribution is 2.48. The summed E-state index contributed by atoms with van der Waals surface area (Å²) >= 11 is 0. The Morgan fingerprint density at radius 3 is 2.28 bits per heavy atom. The number of aromatic hydroxyl groups is 1. The van der Waals surface area contributed by atoms with Crippen molar-refractivity contribution in [3.63, 3.8) is 0 Å². The molecule has 43 heavy (non-hydrogen) atoms. The van der Waals surface area contributed by atoms with Crippen molar-refractivity contribution >= 4 is 31.5 Å². The first-order valence-electron chi connectivity index (χ1n) is 13.4. The zero-order chi connectivity index (χ0) is 31.1. The summed E-state index contributed by atoms with van der Waals surface area (Å²) in [5.41, 5.74) is 3.61. The second kappa shape index (κ2) is 11.6. The molecule has 3 unspecified atom stereocenters. The highest BCUT2D eigenvalue weighted by molar-refractivity contribution is 7.46. The molecule has 3 aromatic rings. The van der Waals surface area contributed by atoms with Gasteiger partial charge in [0.1, 0.15) is 17.3 Å². The van der Waals surface area contributed by atoms with E-state index in [1.54, 1.807) is 44.2 Å². The molecule has 1 aliphatic carbocycles. The molecule has 222 valence electrons. The summed E-state index contributed by atoms with van der Waals surface area (Å²) in [7, 11) is -3.07. The first-order valence-corrected chi connectivity index (χ1v) is 14.9. The van der Waals surface area contributed by atoms with Gasteiger partial charge in [0, 0.05) is 24.2 Å². The molecule has 1 aliphatic heterocycles. The average Bonchev–Trinajstić information content (AvgIpc) is 2.95. The molecule has 4 N–H and O–H groups in total. The van der Waals surface area contributed by atoms with E-state index in [-0.39, 0.29) is 17.1 Å². The van der Waals surface area contributed by atoms with E-state index in [9.17, 15) is 34.2 Å². The van der Waals surface area contributed by atoms with Gasteiger partial charge >= 0.3 is 19.8 Å². The molecule has 2 aliphatic rings. The van der Waals surface area contributed by atoms with E-state index >= 15 is 0 Å². The van der Waals surface area contributed by atoms with Crippen molar-refractivity contribution in [2.45, 2.75) is 25.8 Å². The number of allylic oxidation sites excluding steroid dienone is 1. The SMILES string of the molecule is Cc1cc(C(=O)O)cc(C)c1OC(=O)C1c2ccccc2N(C)C2C=C(/C(=C/c3ccc(O)cc3)OP(=O)(O)O)C=CC12. The number of carboxylic acids is 1. The summed E-state index contributed by atoms with van der Waals surface area (Å²) in [5, 5.41) is 19.0. The number of nitrogens with zero attached hydrogens (tertiary/aromatic N) is 1. The Hall–Kier alpha value is -4.63. The van der Waals surface area contributed by atoms with Crippen LogP contribution < -0.4 is 9.64 Å². The number of carbonyl (C=O) groups excluding carboxylic acids is 1. The number of esters is 1. The number of aryl methyl sites for hydroxylation is 2. The van der Waals surface area contributed by atoms with Gasteiger partial charge in [0.05, 0.1) is 17.5 Å². The summed E-state index contributed by atoms with van der Waals surface area (Å²) in [6.07, 6.45) is 6.72. The quantitative estimate of drug-likeness (QED) is 0.118. The number of phenolic OH excluding ortho intramolecular Hbond substituents is 1. The molecule has 5 rings (SSSR count). The van der Waals surface area contributed by atoms with Crippen molar-refractivity contribution in [2.75, 3.05) is 11.9 Å². The number of carboxylic acid groups (broad SMARTS) is 1. The molecule has 0 saturated carbocycles. The van der Waals surface area contributed by atoms with Crippen LogP contribution in [0.2, 0.25) is 0 Å². The molecule has 0 fully saturated rings. The number of fused-ring (bicyclic) bond motifs is 2. The van der Waals surface area contributed by atoms with Crippen LogP contribution in [0.1, 0.15) is 38.5 Å². The highest BCUT2D eigenvalue weighted by Gasteiger charge is 2.44. The predicted molar refractivity (Wildman–Crippen MR) is 160 cm³/mol. The molecule has 0 spiro atoms. The van der Waals surface area contributed by atoms with E-state index in [0.29, 0.717) is 28.0 Å². The zero-order valence-corrected chi connectivity index (χ0v) is 24.4. The molecule has 10 nitrogen and oxygen atoms in total. The van der Waals surface area contributed by atoms with Gasteiger partial charge in [-0.15, -0.1) is 0 Å². The molecule has 3 aromatic carbocycles. The number of aromatic carboxylic acids is 1. The number of hydrogen-bond donors (Lipinski definition) is 4. The lowest BCUT2D eigenvalue weighted by atomic mass is 9.73. The summed E-state index contributed by atoms with van der Waals surface area (Å²) < 4.78 is 23.0. The fourth-order valence-corrected chi connectivity index (χ4v) is 6.07. The fourth-order valence-electron chi connectivity index (χ4n) is 5.66. The first kappa shape index (κ1) is 29.8. The van der Waals surface area contributed by atoms with Crippen LogP contribution in [0.15, 0.2) is 90.2 Å². The molecular formula is C32H30NO9P. The molecule has 0 amide bonds. The van der Waals surface area contributed by atoms with E-state index in [0.717, 1.165) is 11.3 Å². The third kappa shape index (κ3) is 6.27. The summed E-state index contributed by atoms with van der Waals surface area (Å²) in [5.74, 6) is -2.49. The van der Waals surface area contributed by atoms with Crippen LogP contribution in [-0.4, -0.2) is 45.0 Å². The van der Waals surface area contributed by atoms with Gasteiger partial charge in [0.2, 0.25) is 0 Å². The van der Waals surface area contributed by atoms with E-state index in [2.05, 4.69) is 0 Å². The van der Waals surface area contributed by atoms with Gasteiger partial charge in [-0.05, 0) is 72.5 Å². The van der Waals surface area contributed by atoms with Gasteiger partial charge in [-0.1, -0.05) is 48.6 Å². The number of phenols is 1. The Bertz CT molecular complexity index is 1710. The van der Waals surface area contributed by atoms with Crippen molar-refractivity contribution in [3.05, 3.63) is 118 Å². The minimum atomic E-state index is -4.94. The molecule has 0 aromatic heterocycles. The predicted octanol–water partition coefficient (Wildman–Crippen LogP) is 5.48. The molecule has 0 bridgehead atoms. The zero-order valence-electron chi connectivity index (χ0n) is 23.5. The van der Waals surface area contributed by atoms with Crippen LogP contribution in [0.3, 0.4) is 0 Å². The van der Waals surface area contributed by atoms with Gasteiger partial charge in [-0.25, -0.2) is 9.36 Å². The molecule has 0 saturated heterocycles. The summed E-state index contributed by atoms with van der Waals surface area (Å²) in [6.45, 7) is 3.37. The van der Waals surface area contributed by atoms with Gasteiger partial charge < -0.3 is 24.4 Å². The van der Waals surface area contributed by atoms with Crippen molar-refractivity contribution in [1.29, 1.82) is 0 Å². The topological polar surface area (TPSA) is 154 Å². The number of benzene rings is 3. The van der Waals surface area contributed by atoms with Crippen LogP contribution >= 0.6 is 7.82 Å². The van der Waals surface area contributed by atoms with Crippen molar-refractivity contribution in [1.82, 2.24) is 0 Å². The van der Waals surface area contributed by atoms with Crippen LogP contribution in [0, 0.1) is 19.8 Å². The maximum atomic E-state index is 13.9. The third-order valence-electron chi connectivity index (χ3n) is 7.58. The molecule has 1 heterocycles. The number of hydrogen-bond acceptors (Lipinski definition) is 7. The van der Waals surface area contributed by atoms with E-state index in [1.807, 2.05) is 36.2 Å². The fraction of sp³-hybridized carbons (Fsp3) is 0.188. The Balaban J connectivity index is 1.54. The average molecular weight is 604 g/mol. The van der Waals surface area contributed by atoms with E-state index in [4.69, 9.17) is 9.26 Å². The Morgan fingerprint density at radius 1 is 1.00 bits per heavy atom. The number of para-hydroxylation sites is 1. The minimum Gasteiger partial charge on any atom is -0.508 e. The normalized spacial score (nSPS) is 19.7. The second-order valence-corrected chi connectivity index (χ2v) is 11.7. The third-order valence-corrected chi connectivity index (χ3v) is 8.02. The maximum absolute atomic E-state index is 13.9. The van der Waals surface area contributed by atoms with Crippen molar-refractivity contribution < 1.29 is 43.4 Å². The van der Waals surface area contributed by atoms with Gasteiger partial charge in [0.25, 0.3) is 0 Å². The Kier molecular flexibility index (Phi) is 8.03. The number of phosphoric ester groups is 1. The number of likely N-dealkylation sites (N-methyl/N-ethyl adjacent to an activating group) is 1. The Labute approximate surface area is 248 Å². The standard InChI is InChI=1S/C32H30NO9P/c1-18-14-22(31(35)36)15-19(2)30(18)41-32(37)29-24-6-4-5-7-26(24)33(3)27-17-21(10-13-25(27)29)28(42-43(38,39)40)16-20-8-11-23(34)12-9-20/h4-17,25,27,29,34H,1-3H3,(H,35,36)(H2,38,39,40)/b28-16-. The molecule has 3 atom stereocenters. The number of rotatable bonds is 7. The first-order chi connectivity index (χ1) is 20.3. The molecule has 11 heteroatoms. The Morgan fingerprint density at radius 2 is 1.65 bits per heavy atom. The van der Waals surface area contributed by atoms with E-state index < -0.39 is 37.6 Å². The number of ether oxygens (including phenoxy) is 1. The highest BCUT2D eigenvalue weighted by atomic mass is 31.2. The van der Waals surface area contributed by atoms with Crippen LogP contribution in [-0.2, 0) is 13.9 Å². The number of anilines is 1. The lowest BCUT2D eigenvalue weighted by Gasteiger charge is -2.44. The minimum absolute atomic E-state index is 0.0397. The van der Waals surface area contributed by atoms with Crippen molar-refractivity contribution in [3.8, 4) is 11.5 Å². The van der Waals surface area contributed by atoms with Gasteiger partial charge in [-0.2, -0.15) is 0 Å². The van der Waals surface area contributed by atoms with Crippen LogP contribution in [0.5, 0.6) is 11.5 Å². The van der Waals surface area contributed by atoms with Crippen LogP contribution in [0.25, 0.3) is 6.08 Å². The summed E-state index contributed by atoms with van der Waals surface area (Å²) in [6, 6.07) is 16.0. The lowest BCUT2D eigenvalue weighted by molar-refractivity contribution is -0.137. The van der Waals surface area contributed by atoms with Crippen molar-refractivity contribution in [2.24, 2.45) is 5.92 Å². The second-order valence-electron chi connectivity index (χ2n) is 10.5. The largest absolute Gasteiger partial charge is 0.524 e.